The van der Waals surface area contributed by atoms with E-state index < -0.39 is 0 Å². The van der Waals surface area contributed by atoms with Gasteiger partial charge in [0.05, 0.1) is 0 Å². The summed E-state index contributed by atoms with van der Waals surface area (Å²) in [6, 6.07) is 0. The van der Waals surface area contributed by atoms with Gasteiger partial charge in [-0.05, 0) is 6.54 Å². The van der Waals surface area contributed by atoms with Crippen molar-refractivity contribution in [1.82, 2.24) is 10.2 Å². The molecule has 0 radical (unpaired) electrons. The smallest absolute Gasteiger partial charge is 0.255 e. The number of imide groups is 1. The van der Waals surface area contributed by atoms with Crippen LogP contribution in [0, 0.1) is 0 Å². The average Bonchev–Trinajstić information content (AvgIpc) is 2.10. The summed E-state index contributed by atoms with van der Waals surface area (Å²) in [7, 11) is 0. The summed E-state index contributed by atoms with van der Waals surface area (Å²) in [6.07, 6.45) is 0. The molecule has 0 unspecified atom stereocenters. The Hall–Kier alpha value is -0.940. The van der Waals surface area contributed by atoms with Crippen molar-refractivity contribution in [1.29, 1.82) is 0 Å². The van der Waals surface area contributed by atoms with Crippen LogP contribution in [0.1, 0.15) is 6.92 Å². The molecule has 13 heavy (non-hydrogen) atoms. The standard InChI is InChI=1S/C8H14N2O3/c1-2-9-3-4-10-7(11)5-13-6-8(10)12/h9H,2-6H2,1H3. The number of nitrogens with zero attached hydrogens (tertiary/aromatic N) is 1. The third-order valence-corrected chi connectivity index (χ3v) is 1.82. The maximum absolute atomic E-state index is 11.2. The normalized spacial score (nSPS) is 18.1. The van der Waals surface area contributed by atoms with E-state index in [4.69, 9.17) is 4.74 Å². The van der Waals surface area contributed by atoms with Crippen LogP contribution in [-0.2, 0) is 14.3 Å². The Morgan fingerprint density at radius 1 is 1.38 bits per heavy atom. The van der Waals surface area contributed by atoms with E-state index in [1.165, 1.54) is 4.90 Å². The lowest BCUT2D eigenvalue weighted by Gasteiger charge is -2.24. The van der Waals surface area contributed by atoms with Crippen LogP contribution in [0.2, 0.25) is 0 Å². The van der Waals surface area contributed by atoms with Gasteiger partial charge in [-0.1, -0.05) is 6.92 Å². The zero-order chi connectivity index (χ0) is 9.68. The lowest BCUT2D eigenvalue weighted by molar-refractivity contribution is -0.158. The molecule has 0 atom stereocenters. The summed E-state index contributed by atoms with van der Waals surface area (Å²) in [5.41, 5.74) is 0. The molecule has 0 aromatic carbocycles. The number of ether oxygens (including phenoxy) is 1. The number of rotatable bonds is 4. The minimum absolute atomic E-state index is 0.0257. The molecule has 5 nitrogen and oxygen atoms in total. The molecule has 5 heteroatoms. The van der Waals surface area contributed by atoms with Gasteiger partial charge in [0.15, 0.2) is 0 Å². The molecule has 0 aromatic heterocycles. The second-order valence-corrected chi connectivity index (χ2v) is 2.79. The number of nitrogens with one attached hydrogen (secondary N) is 1. The monoisotopic (exact) mass is 186 g/mol. The number of carbonyl (C=O) groups excluding carboxylic acids is 2. The van der Waals surface area contributed by atoms with Crippen LogP contribution in [0.4, 0.5) is 0 Å². The molecule has 0 bridgehead atoms. The third kappa shape index (κ3) is 2.78. The van der Waals surface area contributed by atoms with Gasteiger partial charge in [0.25, 0.3) is 11.8 Å². The summed E-state index contributed by atoms with van der Waals surface area (Å²) >= 11 is 0. The molecule has 1 saturated heterocycles. The van der Waals surface area contributed by atoms with Crippen molar-refractivity contribution in [3.63, 3.8) is 0 Å². The Labute approximate surface area is 77.0 Å². The Morgan fingerprint density at radius 2 is 2.00 bits per heavy atom. The molecule has 0 saturated carbocycles. The molecule has 1 rings (SSSR count). The van der Waals surface area contributed by atoms with Gasteiger partial charge in [0.2, 0.25) is 0 Å². The number of morpholine rings is 1. The van der Waals surface area contributed by atoms with Gasteiger partial charge in [0.1, 0.15) is 13.2 Å². The van der Waals surface area contributed by atoms with E-state index in [0.29, 0.717) is 13.1 Å². The first-order valence-corrected chi connectivity index (χ1v) is 4.37. The summed E-state index contributed by atoms with van der Waals surface area (Å²) in [6.45, 7) is 3.95. The molecule has 2 amide bonds. The maximum atomic E-state index is 11.2. The zero-order valence-corrected chi connectivity index (χ0v) is 7.71. The molecule has 1 aliphatic heterocycles. The first-order chi connectivity index (χ1) is 6.25. The third-order valence-electron chi connectivity index (χ3n) is 1.82. The van der Waals surface area contributed by atoms with E-state index in [0.717, 1.165) is 6.54 Å². The van der Waals surface area contributed by atoms with Gasteiger partial charge >= 0.3 is 0 Å². The molecular weight excluding hydrogens is 172 g/mol. The van der Waals surface area contributed by atoms with E-state index in [9.17, 15) is 9.59 Å². The van der Waals surface area contributed by atoms with Crippen molar-refractivity contribution < 1.29 is 14.3 Å². The predicted octanol–water partition coefficient (Wildman–Crippen LogP) is -1.02. The van der Waals surface area contributed by atoms with E-state index >= 15 is 0 Å². The van der Waals surface area contributed by atoms with Gasteiger partial charge in [0, 0.05) is 13.1 Å². The number of carbonyl (C=O) groups is 2. The Bertz CT molecular complexity index is 190. The lowest BCUT2D eigenvalue weighted by atomic mass is 10.4. The van der Waals surface area contributed by atoms with Gasteiger partial charge in [-0.3, -0.25) is 14.5 Å². The minimum Gasteiger partial charge on any atom is -0.362 e. The number of amides is 2. The molecule has 1 fully saturated rings. The Kier molecular flexibility index (Phi) is 3.85. The molecule has 1 N–H and O–H groups in total. The molecule has 0 aliphatic carbocycles. The van der Waals surface area contributed by atoms with Gasteiger partial charge in [-0.2, -0.15) is 0 Å². The molecule has 0 spiro atoms. The van der Waals surface area contributed by atoms with Gasteiger partial charge in [-0.15, -0.1) is 0 Å². The largest absolute Gasteiger partial charge is 0.362 e. The highest BCUT2D eigenvalue weighted by molar-refractivity contribution is 5.98. The lowest BCUT2D eigenvalue weighted by Crippen LogP contribution is -2.48. The van der Waals surface area contributed by atoms with Crippen LogP contribution < -0.4 is 5.32 Å². The second-order valence-electron chi connectivity index (χ2n) is 2.79. The number of hydrogen-bond donors (Lipinski definition) is 1. The molecule has 1 aliphatic rings. The Balaban J connectivity index is 2.35. The van der Waals surface area contributed by atoms with Crippen LogP contribution in [0.5, 0.6) is 0 Å². The fourth-order valence-corrected chi connectivity index (χ4v) is 1.14. The van der Waals surface area contributed by atoms with Crippen molar-refractivity contribution in [3.8, 4) is 0 Å². The van der Waals surface area contributed by atoms with Gasteiger partial charge < -0.3 is 10.1 Å². The maximum Gasteiger partial charge on any atom is 0.255 e. The minimum atomic E-state index is -0.242. The highest BCUT2D eigenvalue weighted by Gasteiger charge is 2.25. The second kappa shape index (κ2) is 4.94. The van der Waals surface area contributed by atoms with E-state index in [-0.39, 0.29) is 25.0 Å². The van der Waals surface area contributed by atoms with E-state index in [2.05, 4.69) is 5.32 Å². The van der Waals surface area contributed by atoms with E-state index in [1.807, 2.05) is 6.92 Å². The highest BCUT2D eigenvalue weighted by Crippen LogP contribution is 1.99. The summed E-state index contributed by atoms with van der Waals surface area (Å²) < 4.78 is 4.77. The summed E-state index contributed by atoms with van der Waals surface area (Å²) in [4.78, 5) is 23.5. The van der Waals surface area contributed by atoms with Gasteiger partial charge in [-0.25, -0.2) is 0 Å². The van der Waals surface area contributed by atoms with E-state index in [1.54, 1.807) is 0 Å². The van der Waals surface area contributed by atoms with Crippen LogP contribution in [0.25, 0.3) is 0 Å². The van der Waals surface area contributed by atoms with Crippen LogP contribution in [0.15, 0.2) is 0 Å². The quantitative estimate of drug-likeness (QED) is 0.451. The summed E-state index contributed by atoms with van der Waals surface area (Å²) in [5, 5.41) is 3.05. The molecule has 74 valence electrons. The number of likely N-dealkylation sites (N-methyl/N-ethyl adjacent to an activating group) is 1. The fraction of sp³-hybridized carbons (Fsp3) is 0.750. The summed E-state index contributed by atoms with van der Waals surface area (Å²) in [5.74, 6) is -0.483. The fourth-order valence-electron chi connectivity index (χ4n) is 1.14. The first-order valence-electron chi connectivity index (χ1n) is 4.37. The molecule has 1 heterocycles. The van der Waals surface area contributed by atoms with Crippen molar-refractivity contribution >= 4 is 11.8 Å². The SMILES string of the molecule is CCNCCN1C(=O)COCC1=O. The first kappa shape index (κ1) is 10.1. The van der Waals surface area contributed by atoms with Crippen LogP contribution in [-0.4, -0.2) is 49.6 Å². The zero-order valence-electron chi connectivity index (χ0n) is 7.71. The predicted molar refractivity (Wildman–Crippen MR) is 46.1 cm³/mol. The highest BCUT2D eigenvalue weighted by atomic mass is 16.5. The van der Waals surface area contributed by atoms with Crippen molar-refractivity contribution in [2.75, 3.05) is 32.8 Å². The number of hydrogen-bond acceptors (Lipinski definition) is 4. The molecular formula is C8H14N2O3. The Morgan fingerprint density at radius 3 is 2.54 bits per heavy atom. The van der Waals surface area contributed by atoms with Crippen LogP contribution in [0.3, 0.4) is 0 Å². The van der Waals surface area contributed by atoms with Crippen molar-refractivity contribution in [2.45, 2.75) is 6.92 Å². The van der Waals surface area contributed by atoms with Crippen molar-refractivity contribution in [3.05, 3.63) is 0 Å². The topological polar surface area (TPSA) is 58.6 Å². The average molecular weight is 186 g/mol. The van der Waals surface area contributed by atoms with Crippen molar-refractivity contribution in [2.24, 2.45) is 0 Å². The van der Waals surface area contributed by atoms with Crippen LogP contribution >= 0.6 is 0 Å². The molecule has 0 aromatic rings.